The molecule has 142 valence electrons. The molecule has 0 saturated heterocycles. The van der Waals surface area contributed by atoms with Crippen LogP contribution in [0.15, 0.2) is 18.2 Å². The molecule has 1 aromatic carbocycles. The lowest BCUT2D eigenvalue weighted by molar-refractivity contribution is -0.144. The number of hydrogen-bond donors (Lipinski definition) is 2. The van der Waals surface area contributed by atoms with Crippen molar-refractivity contribution in [2.75, 3.05) is 0 Å². The molecule has 0 aliphatic carbocycles. The Morgan fingerprint density at radius 1 is 1.16 bits per heavy atom. The van der Waals surface area contributed by atoms with E-state index in [4.69, 9.17) is 10.8 Å². The van der Waals surface area contributed by atoms with Crippen molar-refractivity contribution in [2.24, 2.45) is 11.7 Å². The van der Waals surface area contributed by atoms with Crippen molar-refractivity contribution in [1.82, 2.24) is 0 Å². The van der Waals surface area contributed by atoms with Crippen LogP contribution in [0.3, 0.4) is 0 Å². The molecule has 1 rings (SSSR count). The summed E-state index contributed by atoms with van der Waals surface area (Å²) in [4.78, 5) is 10.9. The molecule has 0 heterocycles. The fourth-order valence-corrected chi connectivity index (χ4v) is 2.78. The first kappa shape index (κ1) is 21.3. The Balaban J connectivity index is 3.32. The fourth-order valence-electron chi connectivity index (χ4n) is 2.78. The summed E-state index contributed by atoms with van der Waals surface area (Å²) in [5.41, 5.74) is 2.40. The van der Waals surface area contributed by atoms with Crippen LogP contribution in [0.2, 0.25) is 0 Å². The summed E-state index contributed by atoms with van der Waals surface area (Å²) >= 11 is 0. The lowest BCUT2D eigenvalue weighted by Crippen LogP contribution is -2.33. The van der Waals surface area contributed by atoms with Crippen molar-refractivity contribution >= 4 is 5.97 Å². The van der Waals surface area contributed by atoms with E-state index in [9.17, 15) is 31.1 Å². The second-order valence-corrected chi connectivity index (χ2v) is 5.93. The largest absolute Gasteiger partial charge is 0.480 e. The highest BCUT2D eigenvalue weighted by Crippen LogP contribution is 2.42. The second kappa shape index (κ2) is 7.63. The summed E-state index contributed by atoms with van der Waals surface area (Å²) in [7, 11) is 0. The topological polar surface area (TPSA) is 63.3 Å². The first-order valence-electron chi connectivity index (χ1n) is 7.55. The number of nitrogens with two attached hydrogens (primary N) is 1. The number of carboxylic acid groups (broad SMARTS) is 1. The molecule has 0 radical (unpaired) electrons. The standard InChI is InChI=1S/C16H19F6NO2/c1-3-9(6-13(23)14(24)25)8(2)11-5-4-10(15(17,18)19)7-12(11)16(20,21)22/h4-5,7-9,13H,3,6,23H2,1-2H3,(H,24,25). The number of alkyl halides is 6. The van der Waals surface area contributed by atoms with Gasteiger partial charge in [0.2, 0.25) is 0 Å². The van der Waals surface area contributed by atoms with Crippen LogP contribution in [-0.2, 0) is 17.1 Å². The van der Waals surface area contributed by atoms with Crippen LogP contribution in [0.5, 0.6) is 0 Å². The lowest BCUT2D eigenvalue weighted by Gasteiger charge is -2.27. The molecular weight excluding hydrogens is 352 g/mol. The minimum atomic E-state index is -4.96. The van der Waals surface area contributed by atoms with Gasteiger partial charge in [-0.05, 0) is 36.0 Å². The molecule has 0 saturated carbocycles. The Morgan fingerprint density at radius 3 is 2.12 bits per heavy atom. The fraction of sp³-hybridized carbons (Fsp3) is 0.562. The molecule has 3 nitrogen and oxygen atoms in total. The zero-order valence-electron chi connectivity index (χ0n) is 13.6. The van der Waals surface area contributed by atoms with Crippen LogP contribution >= 0.6 is 0 Å². The maximum Gasteiger partial charge on any atom is 0.416 e. The summed E-state index contributed by atoms with van der Waals surface area (Å²) in [5.74, 6) is -2.62. The Hall–Kier alpha value is -1.77. The minimum absolute atomic E-state index is 0.0781. The maximum atomic E-state index is 13.2. The molecule has 0 aliphatic rings. The molecule has 3 N–H and O–H groups in total. The molecule has 0 spiro atoms. The van der Waals surface area contributed by atoms with Crippen molar-refractivity contribution in [3.05, 3.63) is 34.9 Å². The number of rotatable bonds is 6. The maximum absolute atomic E-state index is 13.2. The molecule has 9 heteroatoms. The van der Waals surface area contributed by atoms with Crippen LogP contribution in [0.25, 0.3) is 0 Å². The Kier molecular flexibility index (Phi) is 6.50. The van der Waals surface area contributed by atoms with Gasteiger partial charge < -0.3 is 10.8 Å². The van der Waals surface area contributed by atoms with Gasteiger partial charge >= 0.3 is 18.3 Å². The third-order valence-corrected chi connectivity index (χ3v) is 4.28. The molecule has 1 aromatic rings. The summed E-state index contributed by atoms with van der Waals surface area (Å²) in [6.07, 6.45) is -9.60. The molecule has 0 fully saturated rings. The van der Waals surface area contributed by atoms with E-state index in [1.807, 2.05) is 0 Å². The van der Waals surface area contributed by atoms with E-state index in [2.05, 4.69) is 0 Å². The van der Waals surface area contributed by atoms with E-state index >= 15 is 0 Å². The van der Waals surface area contributed by atoms with Gasteiger partial charge in [0.25, 0.3) is 0 Å². The van der Waals surface area contributed by atoms with Gasteiger partial charge in [-0.1, -0.05) is 26.3 Å². The SMILES string of the molecule is CCC(CC(N)C(=O)O)C(C)c1ccc(C(F)(F)F)cc1C(F)(F)F. The molecule has 25 heavy (non-hydrogen) atoms. The Morgan fingerprint density at radius 2 is 1.72 bits per heavy atom. The van der Waals surface area contributed by atoms with Gasteiger partial charge in [-0.25, -0.2) is 0 Å². The van der Waals surface area contributed by atoms with E-state index < -0.39 is 47.3 Å². The second-order valence-electron chi connectivity index (χ2n) is 5.93. The zero-order chi connectivity index (χ0) is 19.6. The predicted octanol–water partition coefficient (Wildman–Crippen LogP) is 4.66. The van der Waals surface area contributed by atoms with E-state index in [1.54, 1.807) is 6.92 Å². The highest BCUT2D eigenvalue weighted by Gasteiger charge is 2.39. The van der Waals surface area contributed by atoms with Crippen molar-refractivity contribution in [2.45, 2.75) is 51.0 Å². The summed E-state index contributed by atoms with van der Waals surface area (Å²) in [6, 6.07) is 0.252. The van der Waals surface area contributed by atoms with Crippen LogP contribution in [0, 0.1) is 5.92 Å². The molecule has 0 aliphatic heterocycles. The minimum Gasteiger partial charge on any atom is -0.480 e. The summed E-state index contributed by atoms with van der Waals surface area (Å²) in [5, 5.41) is 8.86. The number of halogens is 6. The number of benzene rings is 1. The van der Waals surface area contributed by atoms with Gasteiger partial charge in [-0.2, -0.15) is 26.3 Å². The molecular formula is C16H19F6NO2. The van der Waals surface area contributed by atoms with Crippen LogP contribution in [-0.4, -0.2) is 17.1 Å². The third kappa shape index (κ3) is 5.35. The first-order valence-corrected chi connectivity index (χ1v) is 7.55. The zero-order valence-corrected chi connectivity index (χ0v) is 13.6. The number of aliphatic carboxylic acids is 1. The molecule has 0 amide bonds. The van der Waals surface area contributed by atoms with Gasteiger partial charge in [-0.15, -0.1) is 0 Å². The van der Waals surface area contributed by atoms with Crippen LogP contribution in [0.4, 0.5) is 26.3 Å². The molecule has 0 bridgehead atoms. The summed E-state index contributed by atoms with van der Waals surface area (Å²) < 4.78 is 77.9. The number of hydrogen-bond acceptors (Lipinski definition) is 2. The summed E-state index contributed by atoms with van der Waals surface area (Å²) in [6.45, 7) is 3.09. The Bertz CT molecular complexity index is 612. The molecule has 3 unspecified atom stereocenters. The van der Waals surface area contributed by atoms with Gasteiger partial charge in [0.05, 0.1) is 11.1 Å². The highest BCUT2D eigenvalue weighted by molar-refractivity contribution is 5.73. The van der Waals surface area contributed by atoms with E-state index in [-0.39, 0.29) is 18.1 Å². The van der Waals surface area contributed by atoms with Gasteiger partial charge in [0.1, 0.15) is 6.04 Å². The van der Waals surface area contributed by atoms with Crippen molar-refractivity contribution in [1.29, 1.82) is 0 Å². The normalized spacial score (nSPS) is 16.4. The van der Waals surface area contributed by atoms with Gasteiger partial charge in [0, 0.05) is 0 Å². The molecule has 3 atom stereocenters. The van der Waals surface area contributed by atoms with Crippen molar-refractivity contribution in [3.63, 3.8) is 0 Å². The van der Waals surface area contributed by atoms with Gasteiger partial charge in [0.15, 0.2) is 0 Å². The van der Waals surface area contributed by atoms with E-state index in [0.29, 0.717) is 12.5 Å². The smallest absolute Gasteiger partial charge is 0.416 e. The van der Waals surface area contributed by atoms with Crippen molar-refractivity contribution in [3.8, 4) is 0 Å². The predicted molar refractivity (Wildman–Crippen MR) is 78.9 cm³/mol. The highest BCUT2D eigenvalue weighted by atomic mass is 19.4. The quantitative estimate of drug-likeness (QED) is 0.715. The Labute approximate surface area is 140 Å². The van der Waals surface area contributed by atoms with Crippen LogP contribution in [0.1, 0.15) is 49.3 Å². The lowest BCUT2D eigenvalue weighted by atomic mass is 9.79. The first-order chi connectivity index (χ1) is 11.3. The molecule has 0 aromatic heterocycles. The van der Waals surface area contributed by atoms with Crippen LogP contribution < -0.4 is 5.73 Å². The van der Waals surface area contributed by atoms with E-state index in [0.717, 1.165) is 6.07 Å². The monoisotopic (exact) mass is 371 g/mol. The van der Waals surface area contributed by atoms with Crippen molar-refractivity contribution < 1.29 is 36.2 Å². The third-order valence-electron chi connectivity index (χ3n) is 4.28. The average molecular weight is 371 g/mol. The average Bonchev–Trinajstić information content (AvgIpc) is 2.49. The van der Waals surface area contributed by atoms with Gasteiger partial charge in [-0.3, -0.25) is 4.79 Å². The number of carboxylic acids is 1. The van der Waals surface area contributed by atoms with E-state index in [1.165, 1.54) is 6.92 Å². The number of carbonyl (C=O) groups is 1.